The monoisotopic (exact) mass is 227 g/mol. The number of benzene rings is 1. The van der Waals surface area contributed by atoms with Crippen LogP contribution in [0.2, 0.25) is 0 Å². The fourth-order valence-corrected chi connectivity index (χ4v) is 1.94. The van der Waals surface area contributed by atoms with Crippen LogP contribution in [0.3, 0.4) is 0 Å². The Morgan fingerprint density at radius 3 is 2.87 bits per heavy atom. The highest BCUT2D eigenvalue weighted by atomic mass is 32.2. The van der Waals surface area contributed by atoms with Crippen molar-refractivity contribution in [3.63, 3.8) is 0 Å². The van der Waals surface area contributed by atoms with E-state index in [-0.39, 0.29) is 11.7 Å². The van der Waals surface area contributed by atoms with E-state index in [2.05, 4.69) is 5.32 Å². The topological polar surface area (TPSA) is 29.1 Å². The molecule has 0 radical (unpaired) electrons. The number of nitrogens with one attached hydrogen (secondary N) is 1. The molecule has 0 aliphatic rings. The molecular formula is C11H14FNOS. The summed E-state index contributed by atoms with van der Waals surface area (Å²) in [6, 6.07) is 6.75. The number of hydrogen-bond donors (Lipinski definition) is 1. The van der Waals surface area contributed by atoms with Crippen LogP contribution in [0.25, 0.3) is 0 Å². The summed E-state index contributed by atoms with van der Waals surface area (Å²) in [5.41, 5.74) is 0.713. The van der Waals surface area contributed by atoms with Gasteiger partial charge in [0.15, 0.2) is 0 Å². The van der Waals surface area contributed by atoms with E-state index in [0.29, 0.717) is 17.9 Å². The fraction of sp³-hybridized carbons (Fsp3) is 0.364. The second kappa shape index (κ2) is 6.45. The molecule has 0 unspecified atom stereocenters. The molecule has 2 nitrogen and oxygen atoms in total. The normalized spacial score (nSPS) is 10.0. The number of amides is 1. The lowest BCUT2D eigenvalue weighted by molar-refractivity contribution is -0.118. The predicted molar refractivity (Wildman–Crippen MR) is 61.2 cm³/mol. The molecule has 1 aromatic carbocycles. The lowest BCUT2D eigenvalue weighted by Crippen LogP contribution is -2.22. The Morgan fingerprint density at radius 1 is 1.47 bits per heavy atom. The molecule has 0 aliphatic heterocycles. The molecule has 0 bridgehead atoms. The third-order valence-electron chi connectivity index (χ3n) is 1.84. The third-order valence-corrected chi connectivity index (χ3v) is 2.84. The van der Waals surface area contributed by atoms with Gasteiger partial charge in [0.25, 0.3) is 0 Å². The van der Waals surface area contributed by atoms with Crippen molar-refractivity contribution in [2.75, 3.05) is 12.3 Å². The van der Waals surface area contributed by atoms with E-state index in [1.807, 2.05) is 6.07 Å². The first-order chi connectivity index (χ1) is 7.20. The van der Waals surface area contributed by atoms with E-state index >= 15 is 0 Å². The number of halogens is 1. The highest BCUT2D eigenvalue weighted by molar-refractivity contribution is 7.98. The second-order valence-corrected chi connectivity index (χ2v) is 4.23. The average molecular weight is 227 g/mol. The van der Waals surface area contributed by atoms with Gasteiger partial charge >= 0.3 is 0 Å². The van der Waals surface area contributed by atoms with Crippen molar-refractivity contribution >= 4 is 17.7 Å². The van der Waals surface area contributed by atoms with E-state index in [4.69, 9.17) is 0 Å². The van der Waals surface area contributed by atoms with Crippen LogP contribution in [0.4, 0.5) is 4.39 Å². The molecule has 0 atom stereocenters. The minimum Gasteiger partial charge on any atom is -0.356 e. The van der Waals surface area contributed by atoms with Crippen LogP contribution in [0, 0.1) is 5.82 Å². The lowest BCUT2D eigenvalue weighted by Gasteiger charge is -2.03. The van der Waals surface area contributed by atoms with Crippen molar-refractivity contribution < 1.29 is 9.18 Å². The third kappa shape index (κ3) is 4.83. The van der Waals surface area contributed by atoms with Gasteiger partial charge in [0.2, 0.25) is 5.91 Å². The summed E-state index contributed by atoms with van der Waals surface area (Å²) < 4.78 is 13.1. The van der Waals surface area contributed by atoms with Crippen LogP contribution in [0.1, 0.15) is 12.5 Å². The second-order valence-electron chi connectivity index (χ2n) is 3.13. The standard InChI is InChI=1S/C11H14FNOS/c1-9(14)13-6-7-15-8-10-4-2-3-5-11(10)12/h2-5H,6-8H2,1H3,(H,13,14). The molecular weight excluding hydrogens is 213 g/mol. The van der Waals surface area contributed by atoms with Crippen molar-refractivity contribution in [3.8, 4) is 0 Å². The van der Waals surface area contributed by atoms with Crippen LogP contribution in [0.5, 0.6) is 0 Å². The summed E-state index contributed by atoms with van der Waals surface area (Å²) in [7, 11) is 0. The lowest BCUT2D eigenvalue weighted by atomic mass is 10.2. The molecule has 1 amide bonds. The average Bonchev–Trinajstić information content (AvgIpc) is 2.20. The molecule has 0 heterocycles. The van der Waals surface area contributed by atoms with Gasteiger partial charge in [0.05, 0.1) is 0 Å². The summed E-state index contributed by atoms with van der Waals surface area (Å²) in [6.07, 6.45) is 0. The summed E-state index contributed by atoms with van der Waals surface area (Å²) in [6.45, 7) is 2.12. The molecule has 1 N–H and O–H groups in total. The maximum absolute atomic E-state index is 13.1. The van der Waals surface area contributed by atoms with Gasteiger partial charge in [0.1, 0.15) is 5.82 Å². The first-order valence-corrected chi connectivity index (χ1v) is 5.91. The summed E-state index contributed by atoms with van der Waals surface area (Å²) >= 11 is 1.61. The van der Waals surface area contributed by atoms with Gasteiger partial charge < -0.3 is 5.32 Å². The van der Waals surface area contributed by atoms with Crippen molar-refractivity contribution in [1.29, 1.82) is 0 Å². The number of carbonyl (C=O) groups excluding carboxylic acids is 1. The first-order valence-electron chi connectivity index (χ1n) is 4.75. The van der Waals surface area contributed by atoms with E-state index in [9.17, 15) is 9.18 Å². The Balaban J connectivity index is 2.21. The fourth-order valence-electron chi connectivity index (χ4n) is 1.10. The molecule has 1 aromatic rings. The highest BCUT2D eigenvalue weighted by Gasteiger charge is 2.00. The van der Waals surface area contributed by atoms with Crippen molar-refractivity contribution in [1.82, 2.24) is 5.32 Å². The van der Waals surface area contributed by atoms with Crippen molar-refractivity contribution in [2.45, 2.75) is 12.7 Å². The zero-order valence-corrected chi connectivity index (χ0v) is 9.44. The molecule has 15 heavy (non-hydrogen) atoms. The van der Waals surface area contributed by atoms with Crippen molar-refractivity contribution in [3.05, 3.63) is 35.6 Å². The van der Waals surface area contributed by atoms with Crippen molar-refractivity contribution in [2.24, 2.45) is 0 Å². The summed E-state index contributed by atoms with van der Waals surface area (Å²) in [5.74, 6) is 1.26. The SMILES string of the molecule is CC(=O)NCCSCc1ccccc1F. The molecule has 82 valence electrons. The van der Waals surface area contributed by atoms with E-state index in [1.165, 1.54) is 13.0 Å². The molecule has 0 saturated carbocycles. The van der Waals surface area contributed by atoms with Gasteiger partial charge in [-0.2, -0.15) is 11.8 Å². The van der Waals surface area contributed by atoms with Crippen LogP contribution in [0.15, 0.2) is 24.3 Å². The van der Waals surface area contributed by atoms with Gasteiger partial charge in [-0.3, -0.25) is 4.79 Å². The molecule has 0 aliphatic carbocycles. The highest BCUT2D eigenvalue weighted by Crippen LogP contribution is 2.14. The number of carbonyl (C=O) groups is 1. The quantitative estimate of drug-likeness (QED) is 0.781. The Hall–Kier alpha value is -1.03. The molecule has 1 rings (SSSR count). The molecule has 0 aromatic heterocycles. The minimum atomic E-state index is -0.162. The van der Waals surface area contributed by atoms with E-state index in [0.717, 1.165) is 5.75 Å². The Labute approximate surface area is 93.3 Å². The number of rotatable bonds is 5. The molecule has 0 saturated heterocycles. The van der Waals surface area contributed by atoms with Gasteiger partial charge in [-0.1, -0.05) is 18.2 Å². The van der Waals surface area contributed by atoms with Gasteiger partial charge in [-0.05, 0) is 11.6 Å². The molecule has 4 heteroatoms. The smallest absolute Gasteiger partial charge is 0.216 e. The Bertz CT molecular complexity index is 330. The van der Waals surface area contributed by atoms with Crippen LogP contribution >= 0.6 is 11.8 Å². The predicted octanol–water partition coefficient (Wildman–Crippen LogP) is 2.20. The number of thioether (sulfide) groups is 1. The van der Waals surface area contributed by atoms with Gasteiger partial charge in [-0.25, -0.2) is 4.39 Å². The Morgan fingerprint density at radius 2 is 2.20 bits per heavy atom. The number of hydrogen-bond acceptors (Lipinski definition) is 2. The maximum atomic E-state index is 13.1. The zero-order chi connectivity index (χ0) is 11.1. The summed E-state index contributed by atoms with van der Waals surface area (Å²) in [5, 5.41) is 2.69. The van der Waals surface area contributed by atoms with Crippen LogP contribution < -0.4 is 5.32 Å². The van der Waals surface area contributed by atoms with Gasteiger partial charge in [0, 0.05) is 25.0 Å². The minimum absolute atomic E-state index is 0.0264. The van der Waals surface area contributed by atoms with Gasteiger partial charge in [-0.15, -0.1) is 0 Å². The maximum Gasteiger partial charge on any atom is 0.216 e. The first kappa shape index (κ1) is 12.0. The molecule has 0 fully saturated rings. The van der Waals surface area contributed by atoms with Crippen LogP contribution in [-0.4, -0.2) is 18.2 Å². The molecule has 0 spiro atoms. The largest absolute Gasteiger partial charge is 0.356 e. The zero-order valence-electron chi connectivity index (χ0n) is 8.63. The van der Waals surface area contributed by atoms with E-state index < -0.39 is 0 Å². The summed E-state index contributed by atoms with van der Waals surface area (Å²) in [4.78, 5) is 10.6. The van der Waals surface area contributed by atoms with Crippen LogP contribution in [-0.2, 0) is 10.5 Å². The Kier molecular flexibility index (Phi) is 5.18. The van der Waals surface area contributed by atoms with E-state index in [1.54, 1.807) is 23.9 Å².